The summed E-state index contributed by atoms with van der Waals surface area (Å²) in [5.41, 5.74) is 4.82. The molecular weight excluding hydrogens is 306 g/mol. The maximum Gasteiger partial charge on any atom is 0.251 e. The van der Waals surface area contributed by atoms with Crippen LogP contribution in [-0.2, 0) is 6.54 Å². The van der Waals surface area contributed by atoms with Gasteiger partial charge < -0.3 is 5.32 Å². The van der Waals surface area contributed by atoms with Crippen molar-refractivity contribution < 1.29 is 4.79 Å². The fraction of sp³-hybridized carbons (Fsp3) is 0.167. The number of aryl methyl sites for hydroxylation is 2. The molecule has 3 rings (SSSR count). The quantitative estimate of drug-likeness (QED) is 0.795. The summed E-state index contributed by atoms with van der Waals surface area (Å²) in [6.45, 7) is 4.46. The number of amides is 1. The van der Waals surface area contributed by atoms with Gasteiger partial charge in [0.25, 0.3) is 5.91 Å². The molecule has 1 aromatic carbocycles. The van der Waals surface area contributed by atoms with Gasteiger partial charge in [0.1, 0.15) is 5.01 Å². The van der Waals surface area contributed by atoms with Gasteiger partial charge in [-0.15, -0.1) is 11.3 Å². The molecule has 0 bridgehead atoms. The Bertz CT molecular complexity index is 827. The molecule has 1 N–H and O–H groups in total. The minimum Gasteiger partial charge on any atom is -0.346 e. The summed E-state index contributed by atoms with van der Waals surface area (Å²) >= 11 is 1.55. The van der Waals surface area contributed by atoms with Crippen molar-refractivity contribution in [1.82, 2.24) is 15.3 Å². The smallest absolute Gasteiger partial charge is 0.251 e. The molecule has 5 heteroatoms. The summed E-state index contributed by atoms with van der Waals surface area (Å²) in [7, 11) is 0. The highest BCUT2D eigenvalue weighted by molar-refractivity contribution is 7.13. The van der Waals surface area contributed by atoms with E-state index in [1.165, 1.54) is 5.56 Å². The summed E-state index contributed by atoms with van der Waals surface area (Å²) < 4.78 is 0. The summed E-state index contributed by atoms with van der Waals surface area (Å²) in [5.74, 6) is -0.0796. The molecule has 0 aliphatic rings. The molecule has 0 fully saturated rings. The van der Waals surface area contributed by atoms with Crippen LogP contribution in [0.15, 0.2) is 48.1 Å². The summed E-state index contributed by atoms with van der Waals surface area (Å²) in [5, 5.41) is 5.79. The van der Waals surface area contributed by atoms with Gasteiger partial charge in [-0.3, -0.25) is 9.78 Å². The molecule has 4 nitrogen and oxygen atoms in total. The molecule has 1 amide bonds. The second-order valence-corrected chi connectivity index (χ2v) is 6.23. The molecule has 0 saturated heterocycles. The van der Waals surface area contributed by atoms with Gasteiger partial charge >= 0.3 is 0 Å². The van der Waals surface area contributed by atoms with Crippen LogP contribution in [0.3, 0.4) is 0 Å². The number of carbonyl (C=O) groups is 1. The molecule has 0 aliphatic heterocycles. The van der Waals surface area contributed by atoms with Crippen LogP contribution in [0.2, 0.25) is 0 Å². The van der Waals surface area contributed by atoms with Crippen molar-refractivity contribution >= 4 is 17.2 Å². The normalized spacial score (nSPS) is 10.5. The van der Waals surface area contributed by atoms with Crippen molar-refractivity contribution in [3.63, 3.8) is 0 Å². The Labute approximate surface area is 139 Å². The van der Waals surface area contributed by atoms with Crippen molar-refractivity contribution in [2.45, 2.75) is 20.4 Å². The topological polar surface area (TPSA) is 54.9 Å². The Morgan fingerprint density at radius 2 is 2.09 bits per heavy atom. The van der Waals surface area contributed by atoms with E-state index in [2.05, 4.69) is 15.3 Å². The van der Waals surface area contributed by atoms with E-state index in [1.807, 2.05) is 49.6 Å². The predicted molar refractivity (Wildman–Crippen MR) is 92.4 cm³/mol. The lowest BCUT2D eigenvalue weighted by atomic mass is 10.1. The van der Waals surface area contributed by atoms with Gasteiger partial charge in [0.2, 0.25) is 0 Å². The van der Waals surface area contributed by atoms with Gasteiger partial charge in [-0.05, 0) is 49.2 Å². The van der Waals surface area contributed by atoms with E-state index in [1.54, 1.807) is 23.7 Å². The van der Waals surface area contributed by atoms with Gasteiger partial charge in [0.05, 0.1) is 12.2 Å². The van der Waals surface area contributed by atoms with Crippen LogP contribution in [0.25, 0.3) is 10.6 Å². The highest BCUT2D eigenvalue weighted by Crippen LogP contribution is 2.22. The molecular formula is C18H17N3OS. The zero-order chi connectivity index (χ0) is 16.2. The van der Waals surface area contributed by atoms with E-state index in [-0.39, 0.29) is 5.91 Å². The lowest BCUT2D eigenvalue weighted by Crippen LogP contribution is -2.23. The van der Waals surface area contributed by atoms with Crippen molar-refractivity contribution in [3.05, 3.63) is 70.5 Å². The van der Waals surface area contributed by atoms with E-state index in [0.717, 1.165) is 21.8 Å². The third kappa shape index (κ3) is 3.63. The molecule has 0 spiro atoms. The third-order valence-electron chi connectivity index (χ3n) is 3.66. The number of aromatic nitrogens is 2. The highest BCUT2D eigenvalue weighted by Gasteiger charge is 2.09. The first kappa shape index (κ1) is 15.4. The number of benzene rings is 1. The van der Waals surface area contributed by atoms with E-state index in [9.17, 15) is 4.79 Å². The molecule has 0 aliphatic carbocycles. The number of carbonyl (C=O) groups excluding carboxylic acids is 1. The van der Waals surface area contributed by atoms with Crippen molar-refractivity contribution in [2.24, 2.45) is 0 Å². The fourth-order valence-electron chi connectivity index (χ4n) is 2.17. The van der Waals surface area contributed by atoms with Crippen molar-refractivity contribution in [1.29, 1.82) is 0 Å². The SMILES string of the molecule is Cc1ccc(C(=O)NCc2csc(-c3cccnc3)n2)cc1C. The maximum atomic E-state index is 12.2. The Balaban J connectivity index is 1.65. The molecule has 0 radical (unpaired) electrons. The van der Waals surface area contributed by atoms with Gasteiger partial charge in [-0.1, -0.05) is 6.07 Å². The van der Waals surface area contributed by atoms with Crippen LogP contribution in [0.1, 0.15) is 27.2 Å². The summed E-state index contributed by atoms with van der Waals surface area (Å²) in [6, 6.07) is 9.58. The Kier molecular flexibility index (Phi) is 4.48. The molecule has 0 atom stereocenters. The lowest BCUT2D eigenvalue weighted by molar-refractivity contribution is 0.0950. The van der Waals surface area contributed by atoms with Crippen LogP contribution in [-0.4, -0.2) is 15.9 Å². The van der Waals surface area contributed by atoms with Crippen LogP contribution in [0.4, 0.5) is 0 Å². The number of hydrogen-bond donors (Lipinski definition) is 1. The minimum absolute atomic E-state index is 0.0796. The van der Waals surface area contributed by atoms with E-state index in [0.29, 0.717) is 12.1 Å². The number of nitrogens with one attached hydrogen (secondary N) is 1. The Hall–Kier alpha value is -2.53. The second-order valence-electron chi connectivity index (χ2n) is 5.37. The highest BCUT2D eigenvalue weighted by atomic mass is 32.1. The first-order valence-corrected chi connectivity index (χ1v) is 8.22. The average molecular weight is 323 g/mol. The number of thiazole rings is 1. The van der Waals surface area contributed by atoms with E-state index in [4.69, 9.17) is 0 Å². The van der Waals surface area contributed by atoms with Gasteiger partial charge in [0.15, 0.2) is 0 Å². The number of nitrogens with zero attached hydrogens (tertiary/aromatic N) is 2. The average Bonchev–Trinajstić information content (AvgIpc) is 3.05. The van der Waals surface area contributed by atoms with Gasteiger partial charge in [-0.25, -0.2) is 4.98 Å². The van der Waals surface area contributed by atoms with Gasteiger partial charge in [-0.2, -0.15) is 0 Å². The molecule has 0 unspecified atom stereocenters. The van der Waals surface area contributed by atoms with E-state index >= 15 is 0 Å². The van der Waals surface area contributed by atoms with E-state index < -0.39 is 0 Å². The van der Waals surface area contributed by atoms with Crippen molar-refractivity contribution in [2.75, 3.05) is 0 Å². The standard InChI is InChI=1S/C18H17N3OS/c1-12-5-6-14(8-13(12)2)17(22)20-10-16-11-23-18(21-16)15-4-3-7-19-9-15/h3-9,11H,10H2,1-2H3,(H,20,22). The van der Waals surface area contributed by atoms with Crippen molar-refractivity contribution in [3.8, 4) is 10.6 Å². The number of rotatable bonds is 4. The summed E-state index contributed by atoms with van der Waals surface area (Å²) in [6.07, 6.45) is 3.53. The van der Waals surface area contributed by atoms with Gasteiger partial charge in [0, 0.05) is 28.9 Å². The predicted octanol–water partition coefficient (Wildman–Crippen LogP) is 3.75. The molecule has 2 aromatic heterocycles. The first-order valence-electron chi connectivity index (χ1n) is 7.34. The summed E-state index contributed by atoms with van der Waals surface area (Å²) in [4.78, 5) is 20.9. The zero-order valence-corrected chi connectivity index (χ0v) is 13.9. The molecule has 0 saturated carbocycles. The molecule has 3 aromatic rings. The second kappa shape index (κ2) is 6.71. The van der Waals surface area contributed by atoms with Crippen LogP contribution >= 0.6 is 11.3 Å². The van der Waals surface area contributed by atoms with Crippen LogP contribution in [0, 0.1) is 13.8 Å². The lowest BCUT2D eigenvalue weighted by Gasteiger charge is -2.06. The maximum absolute atomic E-state index is 12.2. The molecule has 2 heterocycles. The fourth-order valence-corrected chi connectivity index (χ4v) is 2.98. The first-order chi connectivity index (χ1) is 11.1. The number of pyridine rings is 1. The Morgan fingerprint density at radius 1 is 1.22 bits per heavy atom. The third-order valence-corrected chi connectivity index (χ3v) is 4.60. The molecule has 116 valence electrons. The monoisotopic (exact) mass is 323 g/mol. The van der Waals surface area contributed by atoms with Crippen LogP contribution in [0.5, 0.6) is 0 Å². The largest absolute Gasteiger partial charge is 0.346 e. The Morgan fingerprint density at radius 3 is 2.83 bits per heavy atom. The minimum atomic E-state index is -0.0796. The molecule has 23 heavy (non-hydrogen) atoms. The van der Waals surface area contributed by atoms with Crippen LogP contribution < -0.4 is 5.32 Å². The zero-order valence-electron chi connectivity index (χ0n) is 13.0. The number of hydrogen-bond acceptors (Lipinski definition) is 4.